The highest BCUT2D eigenvalue weighted by Crippen LogP contribution is 2.31. The van der Waals surface area contributed by atoms with Gasteiger partial charge in [0.1, 0.15) is 0 Å². The van der Waals surface area contributed by atoms with Crippen molar-refractivity contribution in [1.29, 1.82) is 0 Å². The lowest BCUT2D eigenvalue weighted by Crippen LogP contribution is -2.45. The number of nitrogens with one attached hydrogen (secondary N) is 2. The van der Waals surface area contributed by atoms with Crippen LogP contribution >= 0.6 is 12.2 Å². The molecule has 1 saturated heterocycles. The molecule has 0 aliphatic carbocycles. The third-order valence-electron chi connectivity index (χ3n) is 5.08. The Bertz CT molecular complexity index is 911. The van der Waals surface area contributed by atoms with Crippen LogP contribution in [0.5, 0.6) is 11.5 Å². The molecule has 1 fully saturated rings. The molecule has 9 heteroatoms. The summed E-state index contributed by atoms with van der Waals surface area (Å²) in [5, 5.41) is 4.52. The SMILES string of the molecule is CNC(=S)N(CCN1CCOCC1)Cc1cc2cc(OC)c(OC)cc2[nH]c1=O. The highest BCUT2D eigenvalue weighted by atomic mass is 32.1. The highest BCUT2D eigenvalue weighted by Gasteiger charge is 2.16. The fourth-order valence-corrected chi connectivity index (χ4v) is 3.55. The number of fused-ring (bicyclic) bond motifs is 1. The van der Waals surface area contributed by atoms with Crippen molar-refractivity contribution in [1.82, 2.24) is 20.1 Å². The van der Waals surface area contributed by atoms with Gasteiger partial charge in [-0.3, -0.25) is 9.69 Å². The van der Waals surface area contributed by atoms with E-state index in [2.05, 4.69) is 15.2 Å². The van der Waals surface area contributed by atoms with E-state index in [1.165, 1.54) is 0 Å². The predicted molar refractivity (Wildman–Crippen MR) is 117 cm³/mol. The van der Waals surface area contributed by atoms with Crippen molar-refractivity contribution >= 4 is 28.2 Å². The molecule has 0 bridgehead atoms. The van der Waals surface area contributed by atoms with Crippen LogP contribution in [0.3, 0.4) is 0 Å². The lowest BCUT2D eigenvalue weighted by molar-refractivity contribution is 0.0357. The summed E-state index contributed by atoms with van der Waals surface area (Å²) in [6.07, 6.45) is 0. The number of aromatic amines is 1. The molecule has 0 atom stereocenters. The molecule has 1 aliphatic heterocycles. The van der Waals surface area contributed by atoms with Gasteiger partial charge in [-0.25, -0.2) is 0 Å². The van der Waals surface area contributed by atoms with Gasteiger partial charge in [0.25, 0.3) is 5.56 Å². The van der Waals surface area contributed by atoms with Crippen molar-refractivity contribution in [2.75, 3.05) is 60.7 Å². The molecule has 1 aromatic heterocycles. The largest absolute Gasteiger partial charge is 0.493 e. The Kier molecular flexibility index (Phi) is 7.29. The molecule has 158 valence electrons. The maximum atomic E-state index is 12.7. The fraction of sp³-hybridized carbons (Fsp3) is 0.500. The lowest BCUT2D eigenvalue weighted by Gasteiger charge is -2.31. The first-order valence-corrected chi connectivity index (χ1v) is 10.0. The molecule has 8 nitrogen and oxygen atoms in total. The average molecular weight is 421 g/mol. The zero-order valence-corrected chi connectivity index (χ0v) is 17.9. The van der Waals surface area contributed by atoms with Crippen LogP contribution in [0.4, 0.5) is 0 Å². The monoisotopic (exact) mass is 420 g/mol. The molecule has 2 aromatic rings. The summed E-state index contributed by atoms with van der Waals surface area (Å²) in [6.45, 7) is 5.35. The molecule has 3 rings (SSSR count). The number of benzene rings is 1. The molecule has 2 heterocycles. The molecular weight excluding hydrogens is 392 g/mol. The Morgan fingerprint density at radius 2 is 1.93 bits per heavy atom. The van der Waals surface area contributed by atoms with E-state index in [1.54, 1.807) is 27.3 Å². The van der Waals surface area contributed by atoms with Crippen LogP contribution in [-0.2, 0) is 11.3 Å². The van der Waals surface area contributed by atoms with Crippen LogP contribution in [-0.4, -0.2) is 80.6 Å². The minimum atomic E-state index is -0.139. The number of aromatic nitrogens is 1. The Morgan fingerprint density at radius 1 is 1.24 bits per heavy atom. The summed E-state index contributed by atoms with van der Waals surface area (Å²) in [7, 11) is 4.96. The summed E-state index contributed by atoms with van der Waals surface area (Å²) >= 11 is 5.48. The topological polar surface area (TPSA) is 79.1 Å². The number of morpholine rings is 1. The molecule has 0 unspecified atom stereocenters. The van der Waals surface area contributed by atoms with Gasteiger partial charge in [0.2, 0.25) is 0 Å². The van der Waals surface area contributed by atoms with E-state index < -0.39 is 0 Å². The van der Waals surface area contributed by atoms with Crippen LogP contribution in [0.1, 0.15) is 5.56 Å². The number of hydrogen-bond donors (Lipinski definition) is 2. The lowest BCUT2D eigenvalue weighted by atomic mass is 10.1. The molecule has 0 spiro atoms. The van der Waals surface area contributed by atoms with Gasteiger partial charge in [0.15, 0.2) is 16.6 Å². The van der Waals surface area contributed by atoms with E-state index in [0.29, 0.717) is 34.2 Å². The van der Waals surface area contributed by atoms with Crippen molar-refractivity contribution in [3.8, 4) is 11.5 Å². The summed E-state index contributed by atoms with van der Waals surface area (Å²) in [4.78, 5) is 20.0. The maximum Gasteiger partial charge on any atom is 0.253 e. The smallest absolute Gasteiger partial charge is 0.253 e. The first kappa shape index (κ1) is 21.4. The molecule has 0 radical (unpaired) electrons. The Labute approximate surface area is 175 Å². The first-order valence-electron chi connectivity index (χ1n) is 9.60. The summed E-state index contributed by atoms with van der Waals surface area (Å²) in [5.41, 5.74) is 1.21. The van der Waals surface area contributed by atoms with Crippen LogP contribution < -0.4 is 20.3 Å². The molecule has 2 N–H and O–H groups in total. The van der Waals surface area contributed by atoms with Crippen LogP contribution in [0.2, 0.25) is 0 Å². The standard InChI is InChI=1S/C20H28N4O4S/c1-21-20(29)24(5-4-23-6-8-28-9-7-23)13-15-10-14-11-17(26-2)18(27-3)12-16(14)22-19(15)25/h10-12H,4-9,13H2,1-3H3,(H,21,29)(H,22,25). The molecule has 1 aliphatic rings. The van der Waals surface area contributed by atoms with Crippen LogP contribution in [0.25, 0.3) is 10.9 Å². The summed E-state index contributed by atoms with van der Waals surface area (Å²) in [5.74, 6) is 1.19. The number of methoxy groups -OCH3 is 2. The van der Waals surface area contributed by atoms with Crippen molar-refractivity contribution in [2.24, 2.45) is 0 Å². The third kappa shape index (κ3) is 5.17. The van der Waals surface area contributed by atoms with Gasteiger partial charge in [0, 0.05) is 50.2 Å². The van der Waals surface area contributed by atoms with E-state index >= 15 is 0 Å². The van der Waals surface area contributed by atoms with Gasteiger partial charge in [0.05, 0.1) is 39.5 Å². The number of pyridine rings is 1. The molecule has 29 heavy (non-hydrogen) atoms. The van der Waals surface area contributed by atoms with Gasteiger partial charge in [-0.15, -0.1) is 0 Å². The van der Waals surface area contributed by atoms with Gasteiger partial charge < -0.3 is 29.4 Å². The zero-order chi connectivity index (χ0) is 20.8. The van der Waals surface area contributed by atoms with Gasteiger partial charge in [-0.2, -0.15) is 0 Å². The minimum Gasteiger partial charge on any atom is -0.493 e. The second-order valence-electron chi connectivity index (χ2n) is 6.85. The van der Waals surface area contributed by atoms with E-state index in [-0.39, 0.29) is 5.56 Å². The second-order valence-corrected chi connectivity index (χ2v) is 7.24. The molecule has 0 saturated carbocycles. The van der Waals surface area contributed by atoms with E-state index in [9.17, 15) is 4.79 Å². The predicted octanol–water partition coefficient (Wildman–Crippen LogP) is 1.18. The first-order chi connectivity index (χ1) is 14.0. The number of hydrogen-bond acceptors (Lipinski definition) is 6. The van der Waals surface area contributed by atoms with Crippen molar-refractivity contribution < 1.29 is 14.2 Å². The Balaban J connectivity index is 1.82. The number of thiocarbonyl (C=S) groups is 1. The van der Waals surface area contributed by atoms with E-state index in [0.717, 1.165) is 44.8 Å². The van der Waals surface area contributed by atoms with E-state index in [1.807, 2.05) is 17.0 Å². The van der Waals surface area contributed by atoms with E-state index in [4.69, 9.17) is 26.4 Å². The van der Waals surface area contributed by atoms with Gasteiger partial charge in [-0.1, -0.05) is 0 Å². The van der Waals surface area contributed by atoms with Crippen LogP contribution in [0, 0.1) is 0 Å². The summed E-state index contributed by atoms with van der Waals surface area (Å²) in [6, 6.07) is 5.52. The number of ether oxygens (including phenoxy) is 3. The molecular formula is C20H28N4O4S. The molecule has 1 aromatic carbocycles. The fourth-order valence-electron chi connectivity index (χ4n) is 3.40. The number of nitrogens with zero attached hydrogens (tertiary/aromatic N) is 2. The Hall–Kier alpha value is -2.36. The average Bonchev–Trinajstić information content (AvgIpc) is 2.76. The molecule has 0 amide bonds. The second kappa shape index (κ2) is 9.91. The number of rotatable bonds is 7. The maximum absolute atomic E-state index is 12.7. The quantitative estimate of drug-likeness (QED) is 0.647. The summed E-state index contributed by atoms with van der Waals surface area (Å²) < 4.78 is 16.1. The van der Waals surface area contributed by atoms with Crippen molar-refractivity contribution in [3.63, 3.8) is 0 Å². The van der Waals surface area contributed by atoms with Gasteiger partial charge >= 0.3 is 0 Å². The zero-order valence-electron chi connectivity index (χ0n) is 17.1. The highest BCUT2D eigenvalue weighted by molar-refractivity contribution is 7.80. The van der Waals surface area contributed by atoms with Crippen molar-refractivity contribution in [2.45, 2.75) is 6.54 Å². The Morgan fingerprint density at radius 3 is 2.59 bits per heavy atom. The normalized spacial score (nSPS) is 14.6. The third-order valence-corrected chi connectivity index (χ3v) is 5.54. The van der Waals surface area contributed by atoms with Crippen molar-refractivity contribution in [3.05, 3.63) is 34.1 Å². The minimum absolute atomic E-state index is 0.139. The van der Waals surface area contributed by atoms with Crippen LogP contribution in [0.15, 0.2) is 23.0 Å². The van der Waals surface area contributed by atoms with Gasteiger partial charge in [-0.05, 0) is 24.4 Å². The number of H-pyrrole nitrogens is 1.